The molecule has 0 saturated carbocycles. The molecule has 0 saturated heterocycles. The second-order valence-corrected chi connectivity index (χ2v) is 3.96. The molecule has 2 aromatic carbocycles. The van der Waals surface area contributed by atoms with Crippen molar-refractivity contribution in [2.45, 2.75) is 0 Å². The highest BCUT2D eigenvalue weighted by atomic mass is 16.4. The van der Waals surface area contributed by atoms with Gasteiger partial charge in [-0.15, -0.1) is 0 Å². The number of para-hydroxylation sites is 1. The summed E-state index contributed by atoms with van der Waals surface area (Å²) in [5.74, 6) is 0.683. The van der Waals surface area contributed by atoms with E-state index in [0.29, 0.717) is 16.7 Å². The summed E-state index contributed by atoms with van der Waals surface area (Å²) in [5, 5.41) is 13.7. The fourth-order valence-electron chi connectivity index (χ4n) is 1.94. The van der Waals surface area contributed by atoms with Gasteiger partial charge in [0.05, 0.1) is 0 Å². The van der Waals surface area contributed by atoms with E-state index in [0.717, 1.165) is 10.9 Å². The first-order valence-corrected chi connectivity index (χ1v) is 5.65. The molecule has 1 N–H and O–H groups in total. The first kappa shape index (κ1) is 10.6. The molecule has 0 amide bonds. The SMILES string of the molecule is O/N=c1\cc(-c2ccccc2)oc2ccccc12. The van der Waals surface area contributed by atoms with Gasteiger partial charge >= 0.3 is 0 Å². The average molecular weight is 237 g/mol. The zero-order valence-corrected chi connectivity index (χ0v) is 9.58. The summed E-state index contributed by atoms with van der Waals surface area (Å²) < 4.78 is 5.82. The van der Waals surface area contributed by atoms with E-state index in [2.05, 4.69) is 5.16 Å². The number of rotatable bonds is 1. The summed E-state index contributed by atoms with van der Waals surface area (Å²) in [5.41, 5.74) is 1.65. The van der Waals surface area contributed by atoms with Gasteiger partial charge in [0.1, 0.15) is 16.7 Å². The maximum atomic E-state index is 9.09. The second-order valence-electron chi connectivity index (χ2n) is 3.96. The Kier molecular flexibility index (Phi) is 2.57. The lowest BCUT2D eigenvalue weighted by molar-refractivity contribution is 0.302. The third kappa shape index (κ3) is 1.76. The Morgan fingerprint density at radius 2 is 1.61 bits per heavy atom. The van der Waals surface area contributed by atoms with Gasteiger partial charge in [-0.1, -0.05) is 47.6 Å². The molecule has 0 fully saturated rings. The first-order valence-electron chi connectivity index (χ1n) is 5.65. The predicted molar refractivity (Wildman–Crippen MR) is 69.0 cm³/mol. The Morgan fingerprint density at radius 1 is 0.889 bits per heavy atom. The maximum absolute atomic E-state index is 9.09. The van der Waals surface area contributed by atoms with Gasteiger partial charge in [-0.05, 0) is 12.1 Å². The van der Waals surface area contributed by atoms with Crippen molar-refractivity contribution in [2.24, 2.45) is 5.16 Å². The number of benzene rings is 2. The molecule has 18 heavy (non-hydrogen) atoms. The van der Waals surface area contributed by atoms with E-state index in [9.17, 15) is 0 Å². The molecule has 88 valence electrons. The monoisotopic (exact) mass is 237 g/mol. The van der Waals surface area contributed by atoms with E-state index in [1.807, 2.05) is 54.6 Å². The lowest BCUT2D eigenvalue weighted by Crippen LogP contribution is -2.02. The largest absolute Gasteiger partial charge is 0.456 e. The molecule has 0 aliphatic rings. The van der Waals surface area contributed by atoms with Crippen LogP contribution in [0.25, 0.3) is 22.3 Å². The molecule has 3 heteroatoms. The highest BCUT2D eigenvalue weighted by Gasteiger charge is 2.04. The van der Waals surface area contributed by atoms with Gasteiger partial charge in [-0.3, -0.25) is 0 Å². The third-order valence-corrected chi connectivity index (χ3v) is 2.82. The summed E-state index contributed by atoms with van der Waals surface area (Å²) in [6.45, 7) is 0. The van der Waals surface area contributed by atoms with Crippen molar-refractivity contribution in [3.8, 4) is 11.3 Å². The topological polar surface area (TPSA) is 45.7 Å². The van der Waals surface area contributed by atoms with Gasteiger partial charge in [0.25, 0.3) is 0 Å². The highest BCUT2D eigenvalue weighted by molar-refractivity contribution is 5.78. The van der Waals surface area contributed by atoms with Crippen LogP contribution in [-0.4, -0.2) is 5.21 Å². The number of hydrogen-bond acceptors (Lipinski definition) is 3. The molecule has 0 unspecified atom stereocenters. The van der Waals surface area contributed by atoms with Gasteiger partial charge in [0.15, 0.2) is 0 Å². The molecule has 0 radical (unpaired) electrons. The zero-order valence-electron chi connectivity index (χ0n) is 9.58. The van der Waals surface area contributed by atoms with Crippen molar-refractivity contribution in [1.29, 1.82) is 0 Å². The van der Waals surface area contributed by atoms with Crippen molar-refractivity contribution >= 4 is 11.0 Å². The fourth-order valence-corrected chi connectivity index (χ4v) is 1.94. The quantitative estimate of drug-likeness (QED) is 0.521. The molecule has 0 atom stereocenters. The van der Waals surface area contributed by atoms with Crippen LogP contribution in [0.1, 0.15) is 0 Å². The molecule has 1 aromatic heterocycles. The van der Waals surface area contributed by atoms with Crippen LogP contribution in [0.4, 0.5) is 0 Å². The van der Waals surface area contributed by atoms with Crippen LogP contribution in [0.3, 0.4) is 0 Å². The predicted octanol–water partition coefficient (Wildman–Crippen LogP) is 3.39. The van der Waals surface area contributed by atoms with E-state index < -0.39 is 0 Å². The fraction of sp³-hybridized carbons (Fsp3) is 0. The van der Waals surface area contributed by atoms with Gasteiger partial charge in [-0.25, -0.2) is 0 Å². The molecular weight excluding hydrogens is 226 g/mol. The van der Waals surface area contributed by atoms with E-state index in [4.69, 9.17) is 9.62 Å². The smallest absolute Gasteiger partial charge is 0.136 e. The van der Waals surface area contributed by atoms with Crippen LogP contribution in [0.2, 0.25) is 0 Å². The normalized spacial score (nSPS) is 11.9. The Morgan fingerprint density at radius 3 is 2.39 bits per heavy atom. The Balaban J connectivity index is 2.34. The van der Waals surface area contributed by atoms with Crippen LogP contribution < -0.4 is 5.36 Å². The van der Waals surface area contributed by atoms with Gasteiger partial charge in [0, 0.05) is 17.0 Å². The van der Waals surface area contributed by atoms with Crippen molar-refractivity contribution in [2.75, 3.05) is 0 Å². The third-order valence-electron chi connectivity index (χ3n) is 2.82. The molecule has 3 nitrogen and oxygen atoms in total. The maximum Gasteiger partial charge on any atom is 0.136 e. The first-order chi connectivity index (χ1) is 8.88. The van der Waals surface area contributed by atoms with Gasteiger partial charge in [0.2, 0.25) is 0 Å². The van der Waals surface area contributed by atoms with Crippen molar-refractivity contribution in [3.05, 3.63) is 66.0 Å². The number of nitrogens with zero attached hydrogens (tertiary/aromatic N) is 1. The van der Waals surface area contributed by atoms with E-state index in [1.54, 1.807) is 6.07 Å². The van der Waals surface area contributed by atoms with E-state index in [1.165, 1.54) is 0 Å². The summed E-state index contributed by atoms with van der Waals surface area (Å²) in [6, 6.07) is 19.0. The molecule has 3 aromatic rings. The zero-order chi connectivity index (χ0) is 12.4. The summed E-state index contributed by atoms with van der Waals surface area (Å²) in [6.07, 6.45) is 0. The highest BCUT2D eigenvalue weighted by Crippen LogP contribution is 2.21. The molecule has 0 aliphatic carbocycles. The van der Waals surface area contributed by atoms with Crippen LogP contribution in [0.5, 0.6) is 0 Å². The standard InChI is InChI=1S/C15H11NO2/c17-16-13-10-15(11-6-2-1-3-7-11)18-14-9-5-4-8-12(13)14/h1-10,17H/b16-13+. The molecule has 0 bridgehead atoms. The van der Waals surface area contributed by atoms with Crippen LogP contribution in [-0.2, 0) is 0 Å². The second kappa shape index (κ2) is 4.37. The molecule has 3 rings (SSSR count). The lowest BCUT2D eigenvalue weighted by atomic mass is 10.1. The Bertz CT molecular complexity index is 745. The van der Waals surface area contributed by atoms with Crippen molar-refractivity contribution in [1.82, 2.24) is 0 Å². The van der Waals surface area contributed by atoms with Gasteiger partial charge in [-0.2, -0.15) is 0 Å². The minimum absolute atomic E-state index is 0.510. The molecule has 0 spiro atoms. The minimum Gasteiger partial charge on any atom is -0.456 e. The molecule has 0 aliphatic heterocycles. The van der Waals surface area contributed by atoms with Crippen LogP contribution >= 0.6 is 0 Å². The number of hydrogen-bond donors (Lipinski definition) is 1. The molecule has 1 heterocycles. The summed E-state index contributed by atoms with van der Waals surface area (Å²) >= 11 is 0. The Labute approximate surface area is 104 Å². The number of fused-ring (bicyclic) bond motifs is 1. The van der Waals surface area contributed by atoms with E-state index in [-0.39, 0.29) is 0 Å². The Hall–Kier alpha value is -2.55. The molecular formula is C15H11NO2. The minimum atomic E-state index is 0.510. The van der Waals surface area contributed by atoms with Crippen molar-refractivity contribution < 1.29 is 9.62 Å². The lowest BCUT2D eigenvalue weighted by Gasteiger charge is -2.03. The van der Waals surface area contributed by atoms with Crippen molar-refractivity contribution in [3.63, 3.8) is 0 Å². The van der Waals surface area contributed by atoms with E-state index >= 15 is 0 Å². The van der Waals surface area contributed by atoms with Gasteiger partial charge < -0.3 is 9.62 Å². The summed E-state index contributed by atoms with van der Waals surface area (Å²) in [4.78, 5) is 0. The van der Waals surface area contributed by atoms with Crippen LogP contribution in [0.15, 0.2) is 70.2 Å². The average Bonchev–Trinajstić information content (AvgIpc) is 2.47. The van der Waals surface area contributed by atoms with Crippen LogP contribution in [0, 0.1) is 0 Å². The summed E-state index contributed by atoms with van der Waals surface area (Å²) in [7, 11) is 0.